The highest BCUT2D eigenvalue weighted by Crippen LogP contribution is 2.27. The molecule has 152 valence electrons. The first kappa shape index (κ1) is 21.7. The molecule has 1 amide bonds. The summed E-state index contributed by atoms with van der Waals surface area (Å²) in [5, 5.41) is 17.7. The van der Waals surface area contributed by atoms with Crippen LogP contribution in [-0.4, -0.2) is 42.5 Å². The van der Waals surface area contributed by atoms with E-state index < -0.39 is 33.8 Å². The minimum absolute atomic E-state index is 0.259. The van der Waals surface area contributed by atoms with Crippen molar-refractivity contribution >= 4 is 21.6 Å². The molecule has 1 atom stereocenters. The normalized spacial score (nSPS) is 12.5. The average molecular weight is 408 g/mol. The molecule has 0 aliphatic heterocycles. The second kappa shape index (κ2) is 9.05. The van der Waals surface area contributed by atoms with Crippen LogP contribution in [0.25, 0.3) is 0 Å². The molecule has 0 radical (unpaired) electrons. The summed E-state index contributed by atoms with van der Waals surface area (Å²) in [5.74, 6) is 0.0477. The van der Waals surface area contributed by atoms with Gasteiger partial charge in [0.2, 0.25) is 10.0 Å². The molecule has 3 N–H and O–H groups in total. The SMILES string of the molecule is Cc1ccc(Oc2ccc(N(C[C@H](O)C(=O)NO)S(=O)(=O)C(C)C)cc2)cc1. The van der Waals surface area contributed by atoms with E-state index in [4.69, 9.17) is 9.94 Å². The first-order chi connectivity index (χ1) is 13.1. The Kier molecular flexibility index (Phi) is 7.00. The number of hydrogen-bond donors (Lipinski definition) is 3. The second-order valence-corrected chi connectivity index (χ2v) is 8.94. The minimum atomic E-state index is -3.83. The molecule has 0 aromatic heterocycles. The van der Waals surface area contributed by atoms with Gasteiger partial charge in [-0.1, -0.05) is 17.7 Å². The van der Waals surface area contributed by atoms with E-state index in [1.54, 1.807) is 12.1 Å². The molecule has 8 nitrogen and oxygen atoms in total. The van der Waals surface area contributed by atoms with Crippen LogP contribution in [0, 0.1) is 6.92 Å². The van der Waals surface area contributed by atoms with Crippen molar-refractivity contribution in [2.24, 2.45) is 0 Å². The van der Waals surface area contributed by atoms with Gasteiger partial charge in [-0.2, -0.15) is 0 Å². The van der Waals surface area contributed by atoms with Gasteiger partial charge >= 0.3 is 0 Å². The van der Waals surface area contributed by atoms with Gasteiger partial charge in [0, 0.05) is 0 Å². The number of hydroxylamine groups is 1. The van der Waals surface area contributed by atoms with Crippen LogP contribution in [0.4, 0.5) is 5.69 Å². The number of amides is 1. The van der Waals surface area contributed by atoms with Gasteiger partial charge in [-0.3, -0.25) is 14.3 Å². The molecule has 0 heterocycles. The summed E-state index contributed by atoms with van der Waals surface area (Å²) in [6.07, 6.45) is -1.73. The predicted molar refractivity (Wildman–Crippen MR) is 105 cm³/mol. The van der Waals surface area contributed by atoms with Crippen molar-refractivity contribution in [3.8, 4) is 11.5 Å². The van der Waals surface area contributed by atoms with E-state index in [9.17, 15) is 18.3 Å². The zero-order chi connectivity index (χ0) is 20.9. The van der Waals surface area contributed by atoms with E-state index in [1.165, 1.54) is 31.5 Å². The lowest BCUT2D eigenvalue weighted by Crippen LogP contribution is -2.46. The largest absolute Gasteiger partial charge is 0.457 e. The van der Waals surface area contributed by atoms with Crippen LogP contribution in [0.3, 0.4) is 0 Å². The van der Waals surface area contributed by atoms with Crippen LogP contribution in [0.5, 0.6) is 11.5 Å². The Labute approximate surface area is 164 Å². The summed E-state index contributed by atoms with van der Waals surface area (Å²) in [7, 11) is -3.83. The molecule has 0 aliphatic rings. The standard InChI is InChI=1S/C19H24N2O6S/c1-13(2)28(25,26)21(12-18(22)19(23)20-24)15-6-10-17(11-7-15)27-16-8-4-14(3)5-9-16/h4-11,13,18,22,24H,12H2,1-3H3,(H,20,23)/t18-/m0/s1. The van der Waals surface area contributed by atoms with Crippen molar-refractivity contribution in [1.82, 2.24) is 5.48 Å². The Morgan fingerprint density at radius 1 is 1.07 bits per heavy atom. The zero-order valence-electron chi connectivity index (χ0n) is 15.9. The van der Waals surface area contributed by atoms with Gasteiger partial charge in [0.15, 0.2) is 6.10 Å². The number of nitrogens with one attached hydrogen (secondary N) is 1. The molecule has 0 fully saturated rings. The van der Waals surface area contributed by atoms with Gasteiger partial charge in [-0.05, 0) is 57.2 Å². The lowest BCUT2D eigenvalue weighted by atomic mass is 10.2. The second-order valence-electron chi connectivity index (χ2n) is 6.53. The maximum atomic E-state index is 12.7. The topological polar surface area (TPSA) is 116 Å². The maximum Gasteiger partial charge on any atom is 0.274 e. The highest BCUT2D eigenvalue weighted by molar-refractivity contribution is 7.93. The molecule has 2 aromatic rings. The molecule has 28 heavy (non-hydrogen) atoms. The van der Waals surface area contributed by atoms with Crippen molar-refractivity contribution < 1.29 is 28.3 Å². The molecule has 0 bridgehead atoms. The number of ether oxygens (including phenoxy) is 1. The number of aliphatic hydroxyl groups is 1. The van der Waals surface area contributed by atoms with Gasteiger partial charge < -0.3 is 9.84 Å². The van der Waals surface area contributed by atoms with Gasteiger partial charge in [-0.25, -0.2) is 13.9 Å². The molecular weight excluding hydrogens is 384 g/mol. The average Bonchev–Trinajstić information content (AvgIpc) is 2.67. The smallest absolute Gasteiger partial charge is 0.274 e. The molecule has 2 rings (SSSR count). The predicted octanol–water partition coefficient (Wildman–Crippen LogP) is 2.20. The molecule has 0 unspecified atom stereocenters. The first-order valence-corrected chi connectivity index (χ1v) is 10.1. The first-order valence-electron chi connectivity index (χ1n) is 8.63. The van der Waals surface area contributed by atoms with Crippen molar-refractivity contribution in [3.05, 3.63) is 54.1 Å². The fourth-order valence-electron chi connectivity index (χ4n) is 2.35. The Bertz CT molecular complexity index is 895. The van der Waals surface area contributed by atoms with E-state index in [1.807, 2.05) is 31.2 Å². The molecule has 9 heteroatoms. The fourth-order valence-corrected chi connectivity index (χ4v) is 3.62. The van der Waals surface area contributed by atoms with E-state index in [0.717, 1.165) is 9.87 Å². The molecule has 0 aliphatic carbocycles. The summed E-state index contributed by atoms with van der Waals surface area (Å²) in [6, 6.07) is 13.7. The summed E-state index contributed by atoms with van der Waals surface area (Å²) in [5.41, 5.74) is 2.67. The van der Waals surface area contributed by atoms with Crippen LogP contribution in [0.2, 0.25) is 0 Å². The van der Waals surface area contributed by atoms with Crippen molar-refractivity contribution in [2.45, 2.75) is 32.1 Å². The van der Waals surface area contributed by atoms with Crippen LogP contribution in [0.1, 0.15) is 19.4 Å². The van der Waals surface area contributed by atoms with E-state index in [0.29, 0.717) is 11.5 Å². The number of benzene rings is 2. The number of hydrogen-bond acceptors (Lipinski definition) is 6. The van der Waals surface area contributed by atoms with Crippen molar-refractivity contribution in [2.75, 3.05) is 10.8 Å². The molecule has 0 spiro atoms. The van der Waals surface area contributed by atoms with E-state index >= 15 is 0 Å². The Hall–Kier alpha value is -2.62. The van der Waals surface area contributed by atoms with Crippen LogP contribution in [0.15, 0.2) is 48.5 Å². The number of aryl methyl sites for hydroxylation is 1. The minimum Gasteiger partial charge on any atom is -0.457 e. The summed E-state index contributed by atoms with van der Waals surface area (Å²) in [4.78, 5) is 11.4. The fraction of sp³-hybridized carbons (Fsp3) is 0.316. The number of carbonyl (C=O) groups is 1. The number of aliphatic hydroxyl groups excluding tert-OH is 1. The highest BCUT2D eigenvalue weighted by atomic mass is 32.2. The van der Waals surface area contributed by atoms with Crippen molar-refractivity contribution in [3.63, 3.8) is 0 Å². The van der Waals surface area contributed by atoms with E-state index in [-0.39, 0.29) is 5.69 Å². The number of sulfonamides is 1. The third-order valence-corrected chi connectivity index (χ3v) is 6.20. The lowest BCUT2D eigenvalue weighted by molar-refractivity contribution is -0.137. The molecule has 2 aromatic carbocycles. The van der Waals surface area contributed by atoms with Gasteiger partial charge in [0.25, 0.3) is 5.91 Å². The van der Waals surface area contributed by atoms with Gasteiger partial charge in [0.05, 0.1) is 17.5 Å². The molecular formula is C19H24N2O6S. The Balaban J connectivity index is 2.27. The van der Waals surface area contributed by atoms with Gasteiger partial charge in [-0.15, -0.1) is 0 Å². The lowest BCUT2D eigenvalue weighted by Gasteiger charge is -2.28. The number of carbonyl (C=O) groups excluding carboxylic acids is 1. The molecule has 0 saturated carbocycles. The quantitative estimate of drug-likeness (QED) is 0.455. The number of anilines is 1. The summed E-state index contributed by atoms with van der Waals surface area (Å²) < 4.78 is 32.0. The summed E-state index contributed by atoms with van der Waals surface area (Å²) >= 11 is 0. The van der Waals surface area contributed by atoms with Crippen molar-refractivity contribution in [1.29, 1.82) is 0 Å². The van der Waals surface area contributed by atoms with Gasteiger partial charge in [0.1, 0.15) is 11.5 Å². The van der Waals surface area contributed by atoms with E-state index in [2.05, 4.69) is 0 Å². The third kappa shape index (κ3) is 5.22. The number of nitrogens with zero attached hydrogens (tertiary/aromatic N) is 1. The maximum absolute atomic E-state index is 12.7. The third-order valence-electron chi connectivity index (χ3n) is 4.04. The Morgan fingerprint density at radius 2 is 1.57 bits per heavy atom. The zero-order valence-corrected chi connectivity index (χ0v) is 16.7. The van der Waals surface area contributed by atoms with Crippen LogP contribution in [-0.2, 0) is 14.8 Å². The summed E-state index contributed by atoms with van der Waals surface area (Å²) in [6.45, 7) is 4.42. The Morgan fingerprint density at radius 3 is 2.04 bits per heavy atom. The molecule has 0 saturated heterocycles. The van der Waals surface area contributed by atoms with Crippen LogP contribution >= 0.6 is 0 Å². The highest BCUT2D eigenvalue weighted by Gasteiger charge is 2.30. The number of rotatable bonds is 8. The monoisotopic (exact) mass is 408 g/mol. The van der Waals surface area contributed by atoms with Crippen LogP contribution < -0.4 is 14.5 Å².